The van der Waals surface area contributed by atoms with Crippen molar-refractivity contribution in [3.8, 4) is 0 Å². The molecule has 2 N–H and O–H groups in total. The Balaban J connectivity index is 3.48. The fourth-order valence-corrected chi connectivity index (χ4v) is 1.66. The summed E-state index contributed by atoms with van der Waals surface area (Å²) in [5.41, 5.74) is 5.39. The predicted octanol–water partition coefficient (Wildman–Crippen LogP) is 1.68. The first-order chi connectivity index (χ1) is 7.59. The molecule has 0 aliphatic carbocycles. The zero-order chi connectivity index (χ0) is 12.4. The van der Waals surface area contributed by atoms with Crippen LogP contribution in [0.25, 0.3) is 0 Å². The van der Waals surface area contributed by atoms with Crippen LogP contribution in [0.15, 0.2) is 0 Å². The molecule has 0 fully saturated rings. The SMILES string of the molecule is CC(=O)N(CCCCCCCCN)C(C)=O. The Hall–Kier alpha value is -0.900. The Morgan fingerprint density at radius 1 is 0.875 bits per heavy atom. The van der Waals surface area contributed by atoms with E-state index in [1.807, 2.05) is 0 Å². The highest BCUT2D eigenvalue weighted by molar-refractivity contribution is 5.92. The van der Waals surface area contributed by atoms with Crippen molar-refractivity contribution < 1.29 is 9.59 Å². The number of nitrogens with zero attached hydrogens (tertiary/aromatic N) is 1. The third-order valence-corrected chi connectivity index (χ3v) is 2.60. The van der Waals surface area contributed by atoms with Crippen molar-refractivity contribution in [2.45, 2.75) is 52.4 Å². The van der Waals surface area contributed by atoms with E-state index in [2.05, 4.69) is 0 Å². The third kappa shape index (κ3) is 7.40. The Labute approximate surface area is 98.2 Å². The van der Waals surface area contributed by atoms with Crippen LogP contribution in [0.2, 0.25) is 0 Å². The number of rotatable bonds is 8. The topological polar surface area (TPSA) is 63.4 Å². The van der Waals surface area contributed by atoms with Crippen molar-refractivity contribution in [1.82, 2.24) is 4.90 Å². The average Bonchev–Trinajstić information content (AvgIpc) is 2.21. The van der Waals surface area contributed by atoms with E-state index in [1.54, 1.807) is 0 Å². The van der Waals surface area contributed by atoms with Crippen molar-refractivity contribution in [3.63, 3.8) is 0 Å². The third-order valence-electron chi connectivity index (χ3n) is 2.60. The molecule has 0 aromatic rings. The molecule has 0 saturated carbocycles. The summed E-state index contributed by atoms with van der Waals surface area (Å²) in [6.45, 7) is 4.19. The number of amides is 2. The van der Waals surface area contributed by atoms with Gasteiger partial charge in [-0.25, -0.2) is 0 Å². The van der Waals surface area contributed by atoms with Crippen LogP contribution < -0.4 is 5.73 Å². The van der Waals surface area contributed by atoms with E-state index in [0.717, 1.165) is 32.2 Å². The van der Waals surface area contributed by atoms with Gasteiger partial charge in [-0.3, -0.25) is 14.5 Å². The molecule has 0 aromatic carbocycles. The second-order valence-electron chi connectivity index (χ2n) is 4.10. The van der Waals surface area contributed by atoms with Crippen LogP contribution in [0.5, 0.6) is 0 Å². The lowest BCUT2D eigenvalue weighted by Crippen LogP contribution is -2.34. The number of carbonyl (C=O) groups excluding carboxylic acids is 2. The molecule has 0 spiro atoms. The van der Waals surface area contributed by atoms with Crippen molar-refractivity contribution in [2.75, 3.05) is 13.1 Å². The summed E-state index contributed by atoms with van der Waals surface area (Å²) in [7, 11) is 0. The first kappa shape index (κ1) is 15.1. The van der Waals surface area contributed by atoms with Crippen molar-refractivity contribution in [3.05, 3.63) is 0 Å². The van der Waals surface area contributed by atoms with Crippen LogP contribution in [-0.2, 0) is 9.59 Å². The molecule has 4 nitrogen and oxygen atoms in total. The predicted molar refractivity (Wildman–Crippen MR) is 64.8 cm³/mol. The molecule has 4 heteroatoms. The molecule has 0 radical (unpaired) electrons. The Morgan fingerprint density at radius 3 is 1.75 bits per heavy atom. The molecule has 0 aliphatic rings. The van der Waals surface area contributed by atoms with Gasteiger partial charge in [0.25, 0.3) is 0 Å². The molecule has 0 aromatic heterocycles. The summed E-state index contributed by atoms with van der Waals surface area (Å²) in [5, 5.41) is 0. The van der Waals surface area contributed by atoms with Gasteiger partial charge in [0.15, 0.2) is 0 Å². The van der Waals surface area contributed by atoms with Crippen LogP contribution in [0, 0.1) is 0 Å². The molecule has 16 heavy (non-hydrogen) atoms. The highest BCUT2D eigenvalue weighted by Crippen LogP contribution is 2.06. The maximum Gasteiger partial charge on any atom is 0.226 e. The van der Waals surface area contributed by atoms with E-state index < -0.39 is 0 Å². The van der Waals surface area contributed by atoms with E-state index >= 15 is 0 Å². The fourth-order valence-electron chi connectivity index (χ4n) is 1.66. The number of unbranched alkanes of at least 4 members (excludes halogenated alkanes) is 5. The Kier molecular flexibility index (Phi) is 8.81. The first-order valence-corrected chi connectivity index (χ1v) is 6.08. The van der Waals surface area contributed by atoms with Crippen LogP contribution >= 0.6 is 0 Å². The molecular formula is C12H24N2O2. The maximum atomic E-state index is 11.1. The number of nitrogens with two attached hydrogens (primary N) is 1. The van der Waals surface area contributed by atoms with E-state index in [0.29, 0.717) is 6.54 Å². The summed E-state index contributed by atoms with van der Waals surface area (Å²) >= 11 is 0. The van der Waals surface area contributed by atoms with Crippen LogP contribution in [0.4, 0.5) is 0 Å². The van der Waals surface area contributed by atoms with E-state index in [9.17, 15) is 9.59 Å². The van der Waals surface area contributed by atoms with Gasteiger partial charge in [0.1, 0.15) is 0 Å². The second kappa shape index (κ2) is 9.33. The van der Waals surface area contributed by atoms with Gasteiger partial charge in [-0.05, 0) is 19.4 Å². The van der Waals surface area contributed by atoms with Crippen LogP contribution in [-0.4, -0.2) is 29.8 Å². The Bertz CT molecular complexity index is 203. The van der Waals surface area contributed by atoms with Crippen LogP contribution in [0.1, 0.15) is 52.4 Å². The summed E-state index contributed by atoms with van der Waals surface area (Å²) in [5.74, 6) is -0.314. The molecule has 0 saturated heterocycles. The van der Waals surface area contributed by atoms with Crippen molar-refractivity contribution in [2.24, 2.45) is 5.73 Å². The highest BCUT2D eigenvalue weighted by atomic mass is 16.2. The highest BCUT2D eigenvalue weighted by Gasteiger charge is 2.11. The molecule has 0 unspecified atom stereocenters. The zero-order valence-corrected chi connectivity index (χ0v) is 10.5. The van der Waals surface area contributed by atoms with Crippen molar-refractivity contribution >= 4 is 11.8 Å². The molecular weight excluding hydrogens is 204 g/mol. The lowest BCUT2D eigenvalue weighted by Gasteiger charge is -2.16. The minimum absolute atomic E-state index is 0.157. The zero-order valence-electron chi connectivity index (χ0n) is 10.5. The normalized spacial score (nSPS) is 10.2. The van der Waals surface area contributed by atoms with Gasteiger partial charge in [-0.15, -0.1) is 0 Å². The molecule has 0 heterocycles. The van der Waals surface area contributed by atoms with Gasteiger partial charge in [0.05, 0.1) is 0 Å². The lowest BCUT2D eigenvalue weighted by atomic mass is 10.1. The maximum absolute atomic E-state index is 11.1. The molecule has 2 amide bonds. The lowest BCUT2D eigenvalue weighted by molar-refractivity contribution is -0.142. The molecule has 0 rings (SSSR count). The van der Waals surface area contributed by atoms with E-state index in [4.69, 9.17) is 5.73 Å². The molecule has 0 atom stereocenters. The van der Waals surface area contributed by atoms with Crippen LogP contribution in [0.3, 0.4) is 0 Å². The number of imide groups is 1. The average molecular weight is 228 g/mol. The van der Waals surface area contributed by atoms with Gasteiger partial charge < -0.3 is 5.73 Å². The summed E-state index contributed by atoms with van der Waals surface area (Å²) in [4.78, 5) is 23.5. The van der Waals surface area contributed by atoms with Crippen molar-refractivity contribution in [1.29, 1.82) is 0 Å². The largest absolute Gasteiger partial charge is 0.330 e. The van der Waals surface area contributed by atoms with Gasteiger partial charge in [-0.1, -0.05) is 25.7 Å². The molecule has 94 valence electrons. The van der Waals surface area contributed by atoms with E-state index in [1.165, 1.54) is 31.6 Å². The summed E-state index contributed by atoms with van der Waals surface area (Å²) in [6, 6.07) is 0. The standard InChI is InChI=1S/C12H24N2O2/c1-11(15)14(12(2)16)10-8-6-4-3-5-7-9-13/h3-10,13H2,1-2H3. The molecule has 0 bridgehead atoms. The molecule has 0 aliphatic heterocycles. The minimum atomic E-state index is -0.157. The Morgan fingerprint density at radius 2 is 1.31 bits per heavy atom. The quantitative estimate of drug-likeness (QED) is 0.643. The number of hydrogen-bond acceptors (Lipinski definition) is 3. The first-order valence-electron chi connectivity index (χ1n) is 6.08. The second-order valence-corrected chi connectivity index (χ2v) is 4.10. The smallest absolute Gasteiger partial charge is 0.226 e. The monoisotopic (exact) mass is 228 g/mol. The minimum Gasteiger partial charge on any atom is -0.330 e. The van der Waals surface area contributed by atoms with E-state index in [-0.39, 0.29) is 11.8 Å². The van der Waals surface area contributed by atoms with Gasteiger partial charge in [-0.2, -0.15) is 0 Å². The summed E-state index contributed by atoms with van der Waals surface area (Å²) < 4.78 is 0. The van der Waals surface area contributed by atoms with Gasteiger partial charge in [0.2, 0.25) is 11.8 Å². The van der Waals surface area contributed by atoms with Gasteiger partial charge in [0, 0.05) is 20.4 Å². The van der Waals surface area contributed by atoms with Gasteiger partial charge >= 0.3 is 0 Å². The fraction of sp³-hybridized carbons (Fsp3) is 0.833. The number of carbonyl (C=O) groups is 2. The number of hydrogen-bond donors (Lipinski definition) is 1. The summed E-state index contributed by atoms with van der Waals surface area (Å²) in [6.07, 6.45) is 6.59.